The maximum atomic E-state index is 7.05. The maximum Gasteiger partial charge on any atom is 0.117 e. The molecule has 29 heavy (non-hydrogen) atoms. The van der Waals surface area contributed by atoms with Gasteiger partial charge in [-0.15, -0.1) is 11.8 Å². The van der Waals surface area contributed by atoms with Gasteiger partial charge >= 0.3 is 0 Å². The van der Waals surface area contributed by atoms with Crippen molar-refractivity contribution < 1.29 is 4.74 Å². The van der Waals surface area contributed by atoms with E-state index in [0.29, 0.717) is 23.0 Å². The van der Waals surface area contributed by atoms with Gasteiger partial charge in [-0.05, 0) is 105 Å². The summed E-state index contributed by atoms with van der Waals surface area (Å²) < 4.78 is 7.05. The summed E-state index contributed by atoms with van der Waals surface area (Å²) in [5.41, 5.74) is 7.50. The second-order valence-electron chi connectivity index (χ2n) is 12.7. The van der Waals surface area contributed by atoms with Gasteiger partial charge in [0.1, 0.15) is 4.93 Å². The van der Waals surface area contributed by atoms with Gasteiger partial charge in [-0.25, -0.2) is 0 Å². The van der Waals surface area contributed by atoms with Gasteiger partial charge in [0, 0.05) is 17.2 Å². The van der Waals surface area contributed by atoms with Crippen molar-refractivity contribution >= 4 is 11.8 Å². The van der Waals surface area contributed by atoms with Crippen LogP contribution < -0.4 is 5.73 Å². The minimum Gasteiger partial charge on any atom is -0.360 e. The van der Waals surface area contributed by atoms with Crippen LogP contribution in [0.1, 0.15) is 91.9 Å². The van der Waals surface area contributed by atoms with E-state index in [-0.39, 0.29) is 4.93 Å². The number of hydrogen-bond acceptors (Lipinski definition) is 3. The van der Waals surface area contributed by atoms with Crippen LogP contribution in [0, 0.1) is 46.3 Å². The lowest BCUT2D eigenvalue weighted by molar-refractivity contribution is -0.118. The summed E-state index contributed by atoms with van der Waals surface area (Å²) in [5, 5.41) is 0.781. The highest BCUT2D eigenvalue weighted by atomic mass is 32.2. The van der Waals surface area contributed by atoms with Gasteiger partial charge < -0.3 is 10.5 Å². The molecule has 164 valence electrons. The minimum atomic E-state index is 0.155. The second-order valence-corrected chi connectivity index (χ2v) is 14.5. The van der Waals surface area contributed by atoms with Crippen LogP contribution in [0.4, 0.5) is 0 Å². The molecule has 0 aromatic carbocycles. The highest BCUT2D eigenvalue weighted by molar-refractivity contribution is 8.01. The van der Waals surface area contributed by atoms with Crippen LogP contribution in [0.2, 0.25) is 0 Å². The zero-order valence-corrected chi connectivity index (χ0v) is 20.0. The monoisotopic (exact) mass is 417 g/mol. The summed E-state index contributed by atoms with van der Waals surface area (Å²) in [6, 6.07) is 0.473. The third-order valence-electron chi connectivity index (χ3n) is 11.7. The van der Waals surface area contributed by atoms with Gasteiger partial charge in [-0.3, -0.25) is 0 Å². The Morgan fingerprint density at radius 2 is 1.66 bits per heavy atom. The Kier molecular flexibility index (Phi) is 4.40. The number of ether oxygens (including phenoxy) is 1. The third kappa shape index (κ3) is 2.56. The molecule has 2 nitrogen and oxygen atoms in total. The van der Waals surface area contributed by atoms with Gasteiger partial charge in [-0.1, -0.05) is 27.7 Å². The smallest absolute Gasteiger partial charge is 0.117 e. The zero-order valence-electron chi connectivity index (χ0n) is 19.2. The molecule has 2 aliphatic heterocycles. The Morgan fingerprint density at radius 1 is 0.862 bits per heavy atom. The Balaban J connectivity index is 1.28. The highest BCUT2D eigenvalue weighted by Crippen LogP contribution is 2.72. The van der Waals surface area contributed by atoms with Crippen molar-refractivity contribution in [1.29, 1.82) is 0 Å². The van der Waals surface area contributed by atoms with E-state index in [1.165, 1.54) is 64.2 Å². The molecule has 4 aliphatic carbocycles. The van der Waals surface area contributed by atoms with Crippen LogP contribution in [0.25, 0.3) is 0 Å². The summed E-state index contributed by atoms with van der Waals surface area (Å²) in [6.45, 7) is 10.3. The molecule has 0 radical (unpaired) electrons. The van der Waals surface area contributed by atoms with E-state index in [1.54, 1.807) is 0 Å². The first-order valence-corrected chi connectivity index (χ1v) is 13.8. The Hall–Kier alpha value is 0.270. The van der Waals surface area contributed by atoms with E-state index >= 15 is 0 Å². The largest absolute Gasteiger partial charge is 0.360 e. The van der Waals surface area contributed by atoms with E-state index in [2.05, 4.69) is 39.5 Å². The predicted molar refractivity (Wildman–Crippen MR) is 122 cm³/mol. The first kappa shape index (κ1) is 19.9. The van der Waals surface area contributed by atoms with Crippen LogP contribution in [0.3, 0.4) is 0 Å². The van der Waals surface area contributed by atoms with E-state index in [1.807, 2.05) is 0 Å². The molecule has 2 heterocycles. The van der Waals surface area contributed by atoms with Crippen LogP contribution >= 0.6 is 11.8 Å². The number of nitrogens with two attached hydrogens (primary N) is 1. The first-order valence-electron chi connectivity index (χ1n) is 12.9. The van der Waals surface area contributed by atoms with Crippen molar-refractivity contribution in [1.82, 2.24) is 0 Å². The molecule has 3 heteroatoms. The van der Waals surface area contributed by atoms with Crippen LogP contribution in [0.5, 0.6) is 0 Å². The summed E-state index contributed by atoms with van der Waals surface area (Å²) in [7, 11) is 0. The SMILES string of the molecule is CC1CC[C@]2(O[C@H]3CC4C5CCC6CC(N)CCC6(C)C5CCC4(C)[C@H]3[C@@H]2C)S1. The Labute approximate surface area is 182 Å². The normalized spacial score (nSPS) is 63.8. The van der Waals surface area contributed by atoms with Crippen LogP contribution in [-0.4, -0.2) is 22.3 Å². The van der Waals surface area contributed by atoms with Crippen molar-refractivity contribution in [2.45, 2.75) is 114 Å². The van der Waals surface area contributed by atoms with Gasteiger partial charge in [0.15, 0.2) is 0 Å². The molecule has 4 saturated carbocycles. The van der Waals surface area contributed by atoms with E-state index < -0.39 is 0 Å². The lowest BCUT2D eigenvalue weighted by atomic mass is 9.44. The molecular weight excluding hydrogens is 374 g/mol. The van der Waals surface area contributed by atoms with Crippen molar-refractivity contribution in [3.63, 3.8) is 0 Å². The van der Waals surface area contributed by atoms with Crippen molar-refractivity contribution in [3.8, 4) is 0 Å². The standard InChI is InChI=1S/C26H43NOS/c1-15-7-12-26(29-15)16(2)23-22(28-26)14-21-19-6-5-17-13-18(27)8-10-24(17,3)20(19)9-11-25(21,23)4/h15-23H,5-14,27H2,1-4H3/t15?,16-,17?,18?,19?,20?,21?,22-,23-,24?,25?,26-/m0/s1. The fourth-order valence-corrected chi connectivity index (χ4v) is 11.9. The Morgan fingerprint density at radius 3 is 2.41 bits per heavy atom. The van der Waals surface area contributed by atoms with E-state index in [0.717, 1.165) is 40.8 Å². The first-order chi connectivity index (χ1) is 13.8. The average Bonchev–Trinajstić information content (AvgIpc) is 3.28. The molecule has 0 bridgehead atoms. The quantitative estimate of drug-likeness (QED) is 0.507. The minimum absolute atomic E-state index is 0.155. The summed E-state index contributed by atoms with van der Waals surface area (Å²) in [5.74, 6) is 5.25. The molecule has 2 N–H and O–H groups in total. The maximum absolute atomic E-state index is 7.05. The summed E-state index contributed by atoms with van der Waals surface area (Å²) in [6.07, 6.45) is 14.4. The van der Waals surface area contributed by atoms with Gasteiger partial charge in [0.2, 0.25) is 0 Å². The van der Waals surface area contributed by atoms with Crippen molar-refractivity contribution in [2.24, 2.45) is 52.1 Å². The van der Waals surface area contributed by atoms with Crippen LogP contribution in [-0.2, 0) is 4.74 Å². The predicted octanol–water partition coefficient (Wildman–Crippen LogP) is 6.23. The number of hydrogen-bond donors (Lipinski definition) is 1. The topological polar surface area (TPSA) is 35.2 Å². The molecule has 2 saturated heterocycles. The molecule has 0 aromatic heterocycles. The Bertz CT molecular complexity index is 684. The van der Waals surface area contributed by atoms with Gasteiger partial charge in [0.05, 0.1) is 6.10 Å². The third-order valence-corrected chi connectivity index (χ3v) is 13.4. The summed E-state index contributed by atoms with van der Waals surface area (Å²) >= 11 is 2.18. The van der Waals surface area contributed by atoms with E-state index in [4.69, 9.17) is 10.5 Å². The van der Waals surface area contributed by atoms with Crippen molar-refractivity contribution in [2.75, 3.05) is 0 Å². The zero-order chi connectivity index (χ0) is 20.2. The van der Waals surface area contributed by atoms with Gasteiger partial charge in [0.25, 0.3) is 0 Å². The molecule has 6 aliphatic rings. The fraction of sp³-hybridized carbons (Fsp3) is 1.00. The lowest BCUT2D eigenvalue weighted by Gasteiger charge is -2.61. The van der Waals surface area contributed by atoms with E-state index in [9.17, 15) is 0 Å². The second kappa shape index (κ2) is 6.41. The van der Waals surface area contributed by atoms with Crippen LogP contribution in [0.15, 0.2) is 0 Å². The molecule has 12 atom stereocenters. The molecule has 6 fully saturated rings. The van der Waals surface area contributed by atoms with Gasteiger partial charge in [-0.2, -0.15) is 0 Å². The summed E-state index contributed by atoms with van der Waals surface area (Å²) in [4.78, 5) is 0.155. The number of thioether (sulfide) groups is 1. The highest BCUT2D eigenvalue weighted by Gasteiger charge is 2.69. The molecule has 6 rings (SSSR count). The molecule has 8 unspecified atom stereocenters. The fourth-order valence-electron chi connectivity index (χ4n) is 10.3. The number of fused-ring (bicyclic) bond motifs is 7. The van der Waals surface area contributed by atoms with Crippen molar-refractivity contribution in [3.05, 3.63) is 0 Å². The molecule has 0 amide bonds. The average molecular weight is 418 g/mol. The molecular formula is C26H43NOS. The number of rotatable bonds is 0. The molecule has 1 spiro atoms. The molecule has 0 aromatic rings. The lowest BCUT2D eigenvalue weighted by Crippen LogP contribution is -2.55.